The van der Waals surface area contributed by atoms with E-state index in [1.54, 1.807) is 0 Å². The number of nitrogens with one attached hydrogen (secondary N) is 2. The number of tetrazole rings is 1. The normalized spacial score (nSPS) is 11.8. The number of carbonyl (C=O) groups is 2. The molecule has 4 rings (SSSR count). The summed E-state index contributed by atoms with van der Waals surface area (Å²) in [5.74, 6) is -1.10. The summed E-state index contributed by atoms with van der Waals surface area (Å²) in [4.78, 5) is 25.1. The average Bonchev–Trinajstić information content (AvgIpc) is 3.36. The molecule has 0 saturated heterocycles. The van der Waals surface area contributed by atoms with Crippen molar-refractivity contribution < 1.29 is 22.8 Å². The maximum absolute atomic E-state index is 13.2. The molecule has 0 saturated carbocycles. The summed E-state index contributed by atoms with van der Waals surface area (Å²) in [5.41, 5.74) is 1.05. The Labute approximate surface area is 254 Å². The lowest BCUT2D eigenvalue weighted by Gasteiger charge is -2.20. The second-order valence-electron chi connectivity index (χ2n) is 10.2. The maximum atomic E-state index is 13.2. The summed E-state index contributed by atoms with van der Waals surface area (Å²) < 4.78 is 41.1. The first-order valence-electron chi connectivity index (χ1n) is 12.5. The molecule has 0 aliphatic heterocycles. The van der Waals surface area contributed by atoms with Gasteiger partial charge in [-0.25, -0.2) is 0 Å². The number of benzene rings is 3. The number of thioether (sulfide) groups is 1. The van der Waals surface area contributed by atoms with Gasteiger partial charge in [0.25, 0.3) is 0 Å². The van der Waals surface area contributed by atoms with E-state index in [1.165, 1.54) is 41.1 Å². The highest BCUT2D eigenvalue weighted by Crippen LogP contribution is 2.33. The zero-order chi connectivity index (χ0) is 30.7. The fourth-order valence-corrected chi connectivity index (χ4v) is 5.08. The van der Waals surface area contributed by atoms with E-state index < -0.39 is 30.0 Å². The number of amides is 2. The second kappa shape index (κ2) is 12.7. The largest absolute Gasteiger partial charge is 0.416 e. The highest BCUT2D eigenvalue weighted by molar-refractivity contribution is 7.99. The first-order valence-corrected chi connectivity index (χ1v) is 14.2. The number of rotatable bonds is 8. The quantitative estimate of drug-likeness (QED) is 0.198. The van der Waals surface area contributed by atoms with Crippen LogP contribution in [0.3, 0.4) is 0 Å². The van der Waals surface area contributed by atoms with Gasteiger partial charge in [0, 0.05) is 5.69 Å². The van der Waals surface area contributed by atoms with Gasteiger partial charge in [0.05, 0.1) is 39.2 Å². The van der Waals surface area contributed by atoms with Crippen LogP contribution in [0.2, 0.25) is 10.0 Å². The Morgan fingerprint density at radius 3 is 2.33 bits per heavy atom. The lowest BCUT2D eigenvalue weighted by molar-refractivity contribution is -0.138. The van der Waals surface area contributed by atoms with Crippen molar-refractivity contribution in [3.05, 3.63) is 87.4 Å². The van der Waals surface area contributed by atoms with Crippen LogP contribution in [0.4, 0.5) is 24.5 Å². The molecule has 8 nitrogen and oxygen atoms in total. The third-order valence-corrected chi connectivity index (χ3v) is 7.55. The minimum atomic E-state index is -4.57. The molecule has 0 fully saturated rings. The van der Waals surface area contributed by atoms with E-state index in [0.717, 1.165) is 23.4 Å². The Morgan fingerprint density at radius 2 is 1.67 bits per heavy atom. The van der Waals surface area contributed by atoms with Gasteiger partial charge in [0.1, 0.15) is 0 Å². The molecule has 1 heterocycles. The topological polar surface area (TPSA) is 102 Å². The van der Waals surface area contributed by atoms with Gasteiger partial charge in [-0.2, -0.15) is 17.9 Å². The molecule has 0 aliphatic rings. The number of anilines is 2. The summed E-state index contributed by atoms with van der Waals surface area (Å²) in [5, 5.41) is 17.8. The van der Waals surface area contributed by atoms with Crippen LogP contribution >= 0.6 is 35.0 Å². The zero-order valence-corrected chi connectivity index (χ0v) is 24.9. The van der Waals surface area contributed by atoms with Crippen molar-refractivity contribution in [2.75, 3.05) is 16.4 Å². The molecule has 0 spiro atoms. The standard InChI is InChI=1S/C28H25Cl2F3N6O2S/c1-27(2,3)17-8-11-23(21(30)13-17)39-26(36-37-38-39)42-15-25(41)35-22-10-9-18(14-20(22)29)34-24(40)12-16-6-4-5-7-19(16)28(31,32)33/h4-11,13-14H,12,15H2,1-3H3,(H,34,40)(H,35,41). The Morgan fingerprint density at radius 1 is 0.929 bits per heavy atom. The fraction of sp³-hybridized carbons (Fsp3) is 0.250. The molecule has 4 aromatic rings. The minimum Gasteiger partial charge on any atom is -0.326 e. The van der Waals surface area contributed by atoms with Gasteiger partial charge in [-0.15, -0.1) is 5.10 Å². The van der Waals surface area contributed by atoms with Crippen molar-refractivity contribution in [1.29, 1.82) is 0 Å². The number of aromatic nitrogens is 4. The van der Waals surface area contributed by atoms with Gasteiger partial charge in [-0.05, 0) is 63.4 Å². The number of carbonyl (C=O) groups excluding carboxylic acids is 2. The van der Waals surface area contributed by atoms with Crippen molar-refractivity contribution >= 4 is 58.2 Å². The van der Waals surface area contributed by atoms with Crippen LogP contribution in [-0.4, -0.2) is 37.8 Å². The molecule has 3 aromatic carbocycles. The Hall–Kier alpha value is -3.61. The number of halogens is 5. The monoisotopic (exact) mass is 636 g/mol. The van der Waals surface area contributed by atoms with Crippen LogP contribution in [-0.2, 0) is 27.6 Å². The Bertz CT molecular complexity index is 1620. The summed E-state index contributed by atoms with van der Waals surface area (Å²) >= 11 is 13.9. The van der Waals surface area contributed by atoms with Gasteiger partial charge < -0.3 is 10.6 Å². The zero-order valence-electron chi connectivity index (χ0n) is 22.6. The van der Waals surface area contributed by atoms with Crippen LogP contribution in [0.15, 0.2) is 65.8 Å². The molecule has 1 aromatic heterocycles. The van der Waals surface area contributed by atoms with E-state index in [9.17, 15) is 22.8 Å². The Kier molecular flexibility index (Phi) is 9.49. The summed E-state index contributed by atoms with van der Waals surface area (Å²) in [6.07, 6.45) is -5.05. The van der Waals surface area contributed by atoms with Crippen molar-refractivity contribution in [2.24, 2.45) is 0 Å². The highest BCUT2D eigenvalue weighted by Gasteiger charge is 2.33. The van der Waals surface area contributed by atoms with E-state index >= 15 is 0 Å². The second-order valence-corrected chi connectivity index (χ2v) is 12.0. The predicted octanol–water partition coefficient (Wildman–Crippen LogP) is 7.20. The minimum absolute atomic E-state index is 0.0501. The summed E-state index contributed by atoms with van der Waals surface area (Å²) in [7, 11) is 0. The van der Waals surface area contributed by atoms with Crippen LogP contribution in [0.5, 0.6) is 0 Å². The number of alkyl halides is 3. The number of hydrogen-bond donors (Lipinski definition) is 2. The molecule has 0 bridgehead atoms. The van der Waals surface area contributed by atoms with Gasteiger partial charge >= 0.3 is 6.18 Å². The van der Waals surface area contributed by atoms with E-state index in [-0.39, 0.29) is 33.1 Å². The van der Waals surface area contributed by atoms with Crippen molar-refractivity contribution in [3.8, 4) is 5.69 Å². The molecule has 14 heteroatoms. The summed E-state index contributed by atoms with van der Waals surface area (Å²) in [6.45, 7) is 6.23. The van der Waals surface area contributed by atoms with Gasteiger partial charge in [-0.1, -0.05) is 80.0 Å². The molecule has 2 N–H and O–H groups in total. The third kappa shape index (κ3) is 7.81. The smallest absolute Gasteiger partial charge is 0.326 e. The van der Waals surface area contributed by atoms with Crippen molar-refractivity contribution in [1.82, 2.24) is 20.2 Å². The van der Waals surface area contributed by atoms with Gasteiger partial charge in [0.2, 0.25) is 17.0 Å². The van der Waals surface area contributed by atoms with Crippen LogP contribution in [0.1, 0.15) is 37.5 Å². The van der Waals surface area contributed by atoms with Crippen molar-refractivity contribution in [2.45, 2.75) is 43.9 Å². The van der Waals surface area contributed by atoms with Gasteiger partial charge in [-0.3, -0.25) is 9.59 Å². The molecule has 2 amide bonds. The number of hydrogen-bond acceptors (Lipinski definition) is 6. The fourth-order valence-electron chi connectivity index (χ4n) is 3.91. The third-order valence-electron chi connectivity index (χ3n) is 6.02. The Balaban J connectivity index is 1.36. The molecule has 42 heavy (non-hydrogen) atoms. The SMILES string of the molecule is CC(C)(C)c1ccc(-n2nnnc2SCC(=O)Nc2ccc(NC(=O)Cc3ccccc3C(F)(F)F)cc2Cl)c(Cl)c1. The lowest BCUT2D eigenvalue weighted by atomic mass is 9.87. The van der Waals surface area contributed by atoms with Crippen molar-refractivity contribution in [3.63, 3.8) is 0 Å². The highest BCUT2D eigenvalue weighted by atomic mass is 35.5. The van der Waals surface area contributed by atoms with Crippen LogP contribution < -0.4 is 10.6 Å². The van der Waals surface area contributed by atoms with E-state index in [4.69, 9.17) is 23.2 Å². The molecule has 0 aliphatic carbocycles. The molecular weight excluding hydrogens is 612 g/mol. The van der Waals surface area contributed by atoms with Gasteiger partial charge in [0.15, 0.2) is 0 Å². The lowest BCUT2D eigenvalue weighted by Crippen LogP contribution is -2.18. The van der Waals surface area contributed by atoms with Crippen LogP contribution in [0, 0.1) is 0 Å². The first-order chi connectivity index (χ1) is 19.7. The van der Waals surface area contributed by atoms with E-state index in [0.29, 0.717) is 15.9 Å². The maximum Gasteiger partial charge on any atom is 0.416 e. The predicted molar refractivity (Wildman–Crippen MR) is 157 cm³/mol. The number of nitrogens with zero attached hydrogens (tertiary/aromatic N) is 4. The molecule has 0 radical (unpaired) electrons. The van der Waals surface area contributed by atoms with E-state index in [2.05, 4.69) is 46.9 Å². The summed E-state index contributed by atoms with van der Waals surface area (Å²) in [6, 6.07) is 14.8. The molecule has 220 valence electrons. The average molecular weight is 638 g/mol. The molecular formula is C28H25Cl2F3N6O2S. The molecule has 0 unspecified atom stereocenters. The molecule has 0 atom stereocenters. The van der Waals surface area contributed by atoms with E-state index in [1.807, 2.05) is 18.2 Å². The first kappa shape index (κ1) is 31.3. The van der Waals surface area contributed by atoms with Crippen LogP contribution in [0.25, 0.3) is 5.69 Å².